The number of aromatic nitrogens is 2. The highest BCUT2D eigenvalue weighted by Crippen LogP contribution is 2.27. The van der Waals surface area contributed by atoms with E-state index in [1.807, 2.05) is 26.2 Å². The average molecular weight is 438 g/mol. The van der Waals surface area contributed by atoms with Gasteiger partial charge in [-0.1, -0.05) is 0 Å². The number of nitrogens with two attached hydrogens (primary N) is 1. The van der Waals surface area contributed by atoms with Crippen molar-refractivity contribution in [2.75, 3.05) is 42.7 Å². The summed E-state index contributed by atoms with van der Waals surface area (Å²) >= 11 is 0. The zero-order valence-corrected chi connectivity index (χ0v) is 18.7. The maximum atomic E-state index is 12.2. The molecule has 1 aromatic heterocycles. The van der Waals surface area contributed by atoms with E-state index in [4.69, 9.17) is 5.73 Å². The first kappa shape index (κ1) is 21.9. The Labute approximate surface area is 188 Å². The summed E-state index contributed by atoms with van der Waals surface area (Å²) in [6, 6.07) is 8.41. The molecule has 1 aliphatic heterocycles. The van der Waals surface area contributed by atoms with Crippen molar-refractivity contribution >= 4 is 35.0 Å². The molecule has 0 bridgehead atoms. The molecule has 1 saturated carbocycles. The van der Waals surface area contributed by atoms with Crippen LogP contribution in [0.5, 0.6) is 0 Å². The van der Waals surface area contributed by atoms with Crippen LogP contribution in [-0.2, 0) is 4.79 Å². The first-order chi connectivity index (χ1) is 15.4. The van der Waals surface area contributed by atoms with Crippen LogP contribution in [0.1, 0.15) is 42.5 Å². The highest BCUT2D eigenvalue weighted by molar-refractivity contribution is 5.97. The molecule has 32 heavy (non-hydrogen) atoms. The van der Waals surface area contributed by atoms with Crippen LogP contribution in [0.15, 0.2) is 30.5 Å². The topological polar surface area (TPSA) is 116 Å². The van der Waals surface area contributed by atoms with Crippen molar-refractivity contribution in [3.8, 4) is 0 Å². The lowest BCUT2D eigenvalue weighted by molar-refractivity contribution is -0.133. The normalized spacial score (nSPS) is 16.9. The Morgan fingerprint density at radius 1 is 1.09 bits per heavy atom. The molecule has 2 heterocycles. The summed E-state index contributed by atoms with van der Waals surface area (Å²) in [5, 5.41) is 6.50. The van der Waals surface area contributed by atoms with E-state index in [0.717, 1.165) is 50.1 Å². The fourth-order valence-corrected chi connectivity index (χ4v) is 4.11. The number of amides is 2. The molecule has 2 aliphatic rings. The van der Waals surface area contributed by atoms with Crippen molar-refractivity contribution in [1.29, 1.82) is 0 Å². The van der Waals surface area contributed by atoms with Crippen molar-refractivity contribution in [2.24, 2.45) is 11.7 Å². The van der Waals surface area contributed by atoms with E-state index in [2.05, 4.69) is 37.6 Å². The predicted octanol–water partition coefficient (Wildman–Crippen LogP) is 2.59. The smallest absolute Gasteiger partial charge is 0.254 e. The molecule has 0 atom stereocenters. The minimum Gasteiger partial charge on any atom is -0.371 e. The number of piperidine rings is 1. The standard InChI is InChI=1S/C23H31N7O2/c1-29(2)22(32)15-10-12-30(13-11-15)18-8-6-17(7-9-18)27-23-25-14-19(20(24)31)21(28-23)26-16-4-3-5-16/h6-9,14-16H,3-5,10-13H2,1-2H3,(H2,24,31)(H2,25,26,27,28). The summed E-state index contributed by atoms with van der Waals surface area (Å²) in [6.45, 7) is 1.73. The molecule has 4 rings (SSSR count). The highest BCUT2D eigenvalue weighted by Gasteiger charge is 2.26. The second-order valence-electron chi connectivity index (χ2n) is 8.76. The molecule has 2 fully saturated rings. The summed E-state index contributed by atoms with van der Waals surface area (Å²) in [5.41, 5.74) is 7.76. The van der Waals surface area contributed by atoms with Gasteiger partial charge in [0.2, 0.25) is 11.9 Å². The molecule has 170 valence electrons. The number of anilines is 4. The summed E-state index contributed by atoms with van der Waals surface area (Å²) in [6.07, 6.45) is 6.50. The number of carbonyl (C=O) groups excluding carboxylic acids is 2. The fraction of sp³-hybridized carbons (Fsp3) is 0.478. The van der Waals surface area contributed by atoms with Gasteiger partial charge >= 0.3 is 0 Å². The van der Waals surface area contributed by atoms with Gasteiger partial charge in [-0.05, 0) is 56.4 Å². The Balaban J connectivity index is 1.39. The van der Waals surface area contributed by atoms with E-state index >= 15 is 0 Å². The summed E-state index contributed by atoms with van der Waals surface area (Å²) in [7, 11) is 3.63. The Morgan fingerprint density at radius 2 is 1.78 bits per heavy atom. The number of hydrogen-bond acceptors (Lipinski definition) is 7. The van der Waals surface area contributed by atoms with Crippen molar-refractivity contribution in [3.05, 3.63) is 36.0 Å². The zero-order chi connectivity index (χ0) is 22.7. The third-order valence-electron chi connectivity index (χ3n) is 6.27. The number of nitrogens with one attached hydrogen (secondary N) is 2. The molecular weight excluding hydrogens is 406 g/mol. The number of nitrogens with zero attached hydrogens (tertiary/aromatic N) is 4. The van der Waals surface area contributed by atoms with Crippen molar-refractivity contribution in [2.45, 2.75) is 38.1 Å². The van der Waals surface area contributed by atoms with Crippen LogP contribution < -0.4 is 21.3 Å². The Kier molecular flexibility index (Phi) is 6.43. The first-order valence-electron chi connectivity index (χ1n) is 11.2. The lowest BCUT2D eigenvalue weighted by atomic mass is 9.93. The molecule has 2 aromatic rings. The SMILES string of the molecule is CN(C)C(=O)C1CCN(c2ccc(Nc3ncc(C(N)=O)c(NC4CCC4)n3)cc2)CC1. The number of primary amides is 1. The monoisotopic (exact) mass is 437 g/mol. The van der Waals surface area contributed by atoms with Gasteiger partial charge in [-0.3, -0.25) is 9.59 Å². The average Bonchev–Trinajstić information content (AvgIpc) is 2.76. The summed E-state index contributed by atoms with van der Waals surface area (Å²) in [5.74, 6) is 0.681. The van der Waals surface area contributed by atoms with Gasteiger partial charge in [0.25, 0.3) is 5.91 Å². The number of carbonyl (C=O) groups is 2. The van der Waals surface area contributed by atoms with Crippen LogP contribution in [0, 0.1) is 5.92 Å². The number of rotatable bonds is 7. The predicted molar refractivity (Wildman–Crippen MR) is 125 cm³/mol. The summed E-state index contributed by atoms with van der Waals surface area (Å²) in [4.78, 5) is 36.6. The molecule has 1 aromatic carbocycles. The highest BCUT2D eigenvalue weighted by atomic mass is 16.2. The maximum Gasteiger partial charge on any atom is 0.254 e. The molecule has 1 aliphatic carbocycles. The molecule has 9 nitrogen and oxygen atoms in total. The lowest BCUT2D eigenvalue weighted by Gasteiger charge is -2.34. The van der Waals surface area contributed by atoms with Gasteiger partial charge in [-0.25, -0.2) is 4.98 Å². The van der Waals surface area contributed by atoms with E-state index in [-0.39, 0.29) is 11.8 Å². The van der Waals surface area contributed by atoms with Gasteiger partial charge in [-0.2, -0.15) is 4.98 Å². The van der Waals surface area contributed by atoms with Crippen LogP contribution in [0.3, 0.4) is 0 Å². The number of benzene rings is 1. The van der Waals surface area contributed by atoms with E-state index in [1.165, 1.54) is 12.6 Å². The van der Waals surface area contributed by atoms with Crippen LogP contribution in [0.4, 0.5) is 23.1 Å². The molecular formula is C23H31N7O2. The van der Waals surface area contributed by atoms with Gasteiger partial charge < -0.3 is 26.2 Å². The molecule has 1 saturated heterocycles. The van der Waals surface area contributed by atoms with Crippen LogP contribution in [-0.4, -0.2) is 59.9 Å². The van der Waals surface area contributed by atoms with E-state index < -0.39 is 5.91 Å². The van der Waals surface area contributed by atoms with Gasteiger partial charge in [0.1, 0.15) is 5.82 Å². The van der Waals surface area contributed by atoms with Gasteiger partial charge in [0.15, 0.2) is 0 Å². The van der Waals surface area contributed by atoms with Crippen LogP contribution in [0.2, 0.25) is 0 Å². The Bertz CT molecular complexity index is 965. The van der Waals surface area contributed by atoms with Gasteiger partial charge in [-0.15, -0.1) is 0 Å². The van der Waals surface area contributed by atoms with Crippen molar-refractivity contribution in [1.82, 2.24) is 14.9 Å². The molecule has 2 amide bonds. The first-order valence-corrected chi connectivity index (χ1v) is 11.2. The molecule has 0 unspecified atom stereocenters. The maximum absolute atomic E-state index is 12.2. The molecule has 0 radical (unpaired) electrons. The van der Waals surface area contributed by atoms with Crippen LogP contribution >= 0.6 is 0 Å². The molecule has 0 spiro atoms. The minimum absolute atomic E-state index is 0.116. The fourth-order valence-electron chi connectivity index (χ4n) is 4.11. The Morgan fingerprint density at radius 3 is 2.34 bits per heavy atom. The van der Waals surface area contributed by atoms with E-state index in [9.17, 15) is 9.59 Å². The number of hydrogen-bond donors (Lipinski definition) is 3. The zero-order valence-electron chi connectivity index (χ0n) is 18.7. The third-order valence-corrected chi connectivity index (χ3v) is 6.27. The Hall–Kier alpha value is -3.36. The van der Waals surface area contributed by atoms with Crippen molar-refractivity contribution in [3.63, 3.8) is 0 Å². The van der Waals surface area contributed by atoms with Crippen LogP contribution in [0.25, 0.3) is 0 Å². The van der Waals surface area contributed by atoms with Gasteiger partial charge in [0.05, 0.1) is 5.56 Å². The van der Waals surface area contributed by atoms with E-state index in [1.54, 1.807) is 4.90 Å². The largest absolute Gasteiger partial charge is 0.371 e. The second kappa shape index (κ2) is 9.42. The molecule has 4 N–H and O–H groups in total. The quantitative estimate of drug-likeness (QED) is 0.609. The summed E-state index contributed by atoms with van der Waals surface area (Å²) < 4.78 is 0. The molecule has 9 heteroatoms. The lowest BCUT2D eigenvalue weighted by Crippen LogP contribution is -2.40. The van der Waals surface area contributed by atoms with Gasteiger partial charge in [0, 0.05) is 56.7 Å². The van der Waals surface area contributed by atoms with E-state index in [0.29, 0.717) is 23.4 Å². The second-order valence-corrected chi connectivity index (χ2v) is 8.76. The minimum atomic E-state index is -0.543. The third kappa shape index (κ3) is 4.92. The van der Waals surface area contributed by atoms with Crippen molar-refractivity contribution < 1.29 is 9.59 Å².